The van der Waals surface area contributed by atoms with Gasteiger partial charge < -0.3 is 14.4 Å². The number of carbonyl (C=O) groups excluding carboxylic acids is 3. The minimum absolute atomic E-state index is 0.167. The first-order chi connectivity index (χ1) is 14.0. The Hall–Kier alpha value is -3.35. The standard InChI is InChI=1S/C22H24N2O5/c1-16-7-3-4-8-17(16)13-23(2)21(26)15-29-22(27)14-24-18-9-5-6-10-19(18)28-12-11-20(24)25/h3-10H,11-15H2,1-2H3. The van der Waals surface area contributed by atoms with Crippen LogP contribution in [0.15, 0.2) is 48.5 Å². The maximum atomic E-state index is 12.4. The largest absolute Gasteiger partial charge is 0.491 e. The lowest BCUT2D eigenvalue weighted by Gasteiger charge is -2.21. The molecule has 1 aliphatic heterocycles. The first-order valence-electron chi connectivity index (χ1n) is 9.42. The summed E-state index contributed by atoms with van der Waals surface area (Å²) in [5.41, 5.74) is 2.64. The maximum absolute atomic E-state index is 12.4. The van der Waals surface area contributed by atoms with Gasteiger partial charge in [0.15, 0.2) is 6.61 Å². The number of ether oxygens (including phenoxy) is 2. The van der Waals surface area contributed by atoms with Crippen molar-refractivity contribution in [1.82, 2.24) is 4.90 Å². The first-order valence-corrected chi connectivity index (χ1v) is 9.42. The molecule has 0 aromatic heterocycles. The third kappa shape index (κ3) is 5.13. The average Bonchev–Trinajstić information content (AvgIpc) is 2.87. The van der Waals surface area contributed by atoms with E-state index in [4.69, 9.17) is 9.47 Å². The van der Waals surface area contributed by atoms with Gasteiger partial charge in [-0.1, -0.05) is 36.4 Å². The van der Waals surface area contributed by atoms with Crippen LogP contribution in [0.1, 0.15) is 17.5 Å². The van der Waals surface area contributed by atoms with E-state index < -0.39 is 5.97 Å². The van der Waals surface area contributed by atoms with Crippen molar-refractivity contribution in [3.8, 4) is 5.75 Å². The molecular weight excluding hydrogens is 372 g/mol. The topological polar surface area (TPSA) is 76.2 Å². The lowest BCUT2D eigenvalue weighted by atomic mass is 10.1. The minimum Gasteiger partial charge on any atom is -0.491 e. The molecule has 2 aromatic rings. The monoisotopic (exact) mass is 396 g/mol. The van der Waals surface area contributed by atoms with Crippen molar-refractivity contribution in [2.75, 3.05) is 31.7 Å². The Labute approximate surface area is 169 Å². The summed E-state index contributed by atoms with van der Waals surface area (Å²) >= 11 is 0. The molecule has 1 aliphatic rings. The van der Waals surface area contributed by atoms with Crippen LogP contribution in [-0.2, 0) is 25.7 Å². The number of benzene rings is 2. The summed E-state index contributed by atoms with van der Waals surface area (Å²) in [6.07, 6.45) is 0.167. The number of fused-ring (bicyclic) bond motifs is 1. The summed E-state index contributed by atoms with van der Waals surface area (Å²) in [5.74, 6) is -0.643. The van der Waals surface area contributed by atoms with Crippen LogP contribution in [0.25, 0.3) is 0 Å². The highest BCUT2D eigenvalue weighted by molar-refractivity contribution is 5.99. The van der Waals surface area contributed by atoms with Gasteiger partial charge in [0.25, 0.3) is 5.91 Å². The van der Waals surface area contributed by atoms with Crippen molar-refractivity contribution >= 4 is 23.5 Å². The molecule has 7 nitrogen and oxygen atoms in total. The van der Waals surface area contributed by atoms with Crippen LogP contribution in [0.5, 0.6) is 5.75 Å². The number of para-hydroxylation sites is 2. The highest BCUT2D eigenvalue weighted by atomic mass is 16.5. The predicted octanol–water partition coefficient (Wildman–Crippen LogP) is 2.31. The van der Waals surface area contributed by atoms with Gasteiger partial charge in [0.05, 0.1) is 18.7 Å². The van der Waals surface area contributed by atoms with Crippen molar-refractivity contribution in [2.24, 2.45) is 0 Å². The molecule has 2 aromatic carbocycles. The molecule has 0 radical (unpaired) electrons. The third-order valence-electron chi connectivity index (χ3n) is 4.77. The van der Waals surface area contributed by atoms with Crippen LogP contribution in [0.2, 0.25) is 0 Å². The molecule has 0 saturated heterocycles. The summed E-state index contributed by atoms with van der Waals surface area (Å²) in [4.78, 5) is 39.8. The van der Waals surface area contributed by atoms with Crippen LogP contribution in [0, 0.1) is 6.92 Å². The zero-order chi connectivity index (χ0) is 20.8. The fraction of sp³-hybridized carbons (Fsp3) is 0.318. The SMILES string of the molecule is Cc1ccccc1CN(C)C(=O)COC(=O)CN1C(=O)CCOc2ccccc21. The molecule has 0 atom stereocenters. The fourth-order valence-corrected chi connectivity index (χ4v) is 3.05. The second-order valence-electron chi connectivity index (χ2n) is 6.88. The van der Waals surface area contributed by atoms with Gasteiger partial charge in [-0.05, 0) is 30.2 Å². The Kier molecular flexibility index (Phi) is 6.49. The van der Waals surface area contributed by atoms with Gasteiger partial charge in [0, 0.05) is 13.6 Å². The molecular formula is C22H24N2O5. The maximum Gasteiger partial charge on any atom is 0.326 e. The quantitative estimate of drug-likeness (QED) is 0.701. The molecule has 29 heavy (non-hydrogen) atoms. The molecule has 2 amide bonds. The zero-order valence-electron chi connectivity index (χ0n) is 16.6. The molecule has 7 heteroatoms. The van der Waals surface area contributed by atoms with Crippen molar-refractivity contribution < 1.29 is 23.9 Å². The van der Waals surface area contributed by atoms with E-state index in [2.05, 4.69) is 0 Å². The molecule has 0 bridgehead atoms. The Morgan fingerprint density at radius 1 is 1.14 bits per heavy atom. The van der Waals surface area contributed by atoms with Crippen LogP contribution >= 0.6 is 0 Å². The van der Waals surface area contributed by atoms with Crippen molar-refractivity contribution in [1.29, 1.82) is 0 Å². The lowest BCUT2D eigenvalue weighted by Crippen LogP contribution is -2.37. The Morgan fingerprint density at radius 3 is 2.66 bits per heavy atom. The Morgan fingerprint density at radius 2 is 1.86 bits per heavy atom. The van der Waals surface area contributed by atoms with Crippen LogP contribution in [0.4, 0.5) is 5.69 Å². The number of aryl methyl sites for hydroxylation is 1. The Balaban J connectivity index is 1.56. The smallest absolute Gasteiger partial charge is 0.326 e. The van der Waals surface area contributed by atoms with E-state index in [1.165, 1.54) is 9.80 Å². The van der Waals surface area contributed by atoms with E-state index in [1.807, 2.05) is 31.2 Å². The summed E-state index contributed by atoms with van der Waals surface area (Å²) in [6, 6.07) is 14.8. The summed E-state index contributed by atoms with van der Waals surface area (Å²) in [5, 5.41) is 0. The fourth-order valence-electron chi connectivity index (χ4n) is 3.05. The highest BCUT2D eigenvalue weighted by Crippen LogP contribution is 2.30. The number of likely N-dealkylation sites (N-methyl/N-ethyl adjacent to an activating group) is 1. The number of hydrogen-bond acceptors (Lipinski definition) is 5. The molecule has 0 N–H and O–H groups in total. The summed E-state index contributed by atoms with van der Waals surface area (Å²) in [7, 11) is 1.66. The normalized spacial score (nSPS) is 13.2. The molecule has 0 saturated carbocycles. The van der Waals surface area contributed by atoms with Crippen molar-refractivity contribution in [3.63, 3.8) is 0 Å². The Bertz CT molecular complexity index is 912. The van der Waals surface area contributed by atoms with Crippen molar-refractivity contribution in [3.05, 3.63) is 59.7 Å². The third-order valence-corrected chi connectivity index (χ3v) is 4.77. The van der Waals surface area contributed by atoms with Gasteiger partial charge in [-0.25, -0.2) is 0 Å². The molecule has 0 spiro atoms. The average molecular weight is 396 g/mol. The molecule has 0 fully saturated rings. The van der Waals surface area contributed by atoms with E-state index in [-0.39, 0.29) is 38.0 Å². The van der Waals surface area contributed by atoms with E-state index in [0.29, 0.717) is 18.0 Å². The predicted molar refractivity (Wildman–Crippen MR) is 108 cm³/mol. The van der Waals surface area contributed by atoms with Crippen molar-refractivity contribution in [2.45, 2.75) is 19.9 Å². The minimum atomic E-state index is -0.646. The van der Waals surface area contributed by atoms with Gasteiger partial charge in [0.2, 0.25) is 5.91 Å². The van der Waals surface area contributed by atoms with Gasteiger partial charge >= 0.3 is 5.97 Å². The number of hydrogen-bond donors (Lipinski definition) is 0. The van der Waals surface area contributed by atoms with E-state index >= 15 is 0 Å². The molecule has 3 rings (SSSR count). The van der Waals surface area contributed by atoms with Gasteiger partial charge in [0.1, 0.15) is 12.3 Å². The second-order valence-corrected chi connectivity index (χ2v) is 6.88. The number of carbonyl (C=O) groups is 3. The van der Waals surface area contributed by atoms with E-state index in [1.54, 1.807) is 31.3 Å². The van der Waals surface area contributed by atoms with Gasteiger partial charge in [-0.3, -0.25) is 19.3 Å². The molecule has 0 unspecified atom stereocenters. The van der Waals surface area contributed by atoms with Crippen LogP contribution in [-0.4, -0.2) is 49.5 Å². The first kappa shape index (κ1) is 20.4. The molecule has 0 aliphatic carbocycles. The number of anilines is 1. The highest BCUT2D eigenvalue weighted by Gasteiger charge is 2.26. The lowest BCUT2D eigenvalue weighted by molar-refractivity contribution is -0.150. The molecule has 1 heterocycles. The number of amides is 2. The second kappa shape index (κ2) is 9.23. The van der Waals surface area contributed by atoms with Gasteiger partial charge in [-0.2, -0.15) is 0 Å². The van der Waals surface area contributed by atoms with E-state index in [0.717, 1.165) is 11.1 Å². The van der Waals surface area contributed by atoms with Gasteiger partial charge in [-0.15, -0.1) is 0 Å². The number of esters is 1. The summed E-state index contributed by atoms with van der Waals surface area (Å²) in [6.45, 7) is 2.02. The number of nitrogens with zero attached hydrogens (tertiary/aromatic N) is 2. The molecule has 152 valence electrons. The van der Waals surface area contributed by atoms with Crippen LogP contribution < -0.4 is 9.64 Å². The van der Waals surface area contributed by atoms with Crippen LogP contribution in [0.3, 0.4) is 0 Å². The zero-order valence-corrected chi connectivity index (χ0v) is 16.6. The number of rotatable bonds is 6. The summed E-state index contributed by atoms with van der Waals surface area (Å²) < 4.78 is 10.7. The van der Waals surface area contributed by atoms with E-state index in [9.17, 15) is 14.4 Å².